The molecule has 0 N–H and O–H groups in total. The molecule has 14 heavy (non-hydrogen) atoms. The van der Waals surface area contributed by atoms with E-state index < -0.39 is 30.3 Å². The normalized spacial score (nSPS) is 17.8. The van der Waals surface area contributed by atoms with Crippen LogP contribution in [0.3, 0.4) is 0 Å². The number of carbonyl (C=O) groups is 3. The molecule has 1 aliphatic heterocycles. The van der Waals surface area contributed by atoms with Gasteiger partial charge in [-0.2, -0.15) is 13.2 Å². The monoisotopic (exact) mass is 209 g/mol. The van der Waals surface area contributed by atoms with E-state index >= 15 is 0 Å². The largest absolute Gasteiger partial charge is 0.397 e. The highest BCUT2D eigenvalue weighted by atomic mass is 19.4. The molecule has 1 rings (SSSR count). The van der Waals surface area contributed by atoms with Crippen molar-refractivity contribution in [3.05, 3.63) is 0 Å². The molecule has 0 aromatic rings. The first-order chi connectivity index (χ1) is 6.31. The molecular weight excluding hydrogens is 203 g/mol. The molecule has 0 saturated carbocycles. The molecule has 0 bridgehead atoms. The molecule has 3 amide bonds. The van der Waals surface area contributed by atoms with Gasteiger partial charge < -0.3 is 0 Å². The van der Waals surface area contributed by atoms with Gasteiger partial charge in [-0.1, -0.05) is 0 Å². The summed E-state index contributed by atoms with van der Waals surface area (Å²) in [4.78, 5) is 32.6. The lowest BCUT2D eigenvalue weighted by atomic mass is 10.3. The smallest absolute Gasteiger partial charge is 0.274 e. The van der Waals surface area contributed by atoms with Crippen molar-refractivity contribution in [2.24, 2.45) is 0 Å². The van der Waals surface area contributed by atoms with E-state index in [0.29, 0.717) is 0 Å². The lowest BCUT2D eigenvalue weighted by Crippen LogP contribution is -2.37. The first-order valence-corrected chi connectivity index (χ1v) is 3.76. The standard InChI is InChI=1S/C7H6F3NO3/c8-7(9,10)3-6(14)11-4(12)1-2-5(11)13/h1-3H2. The molecule has 0 unspecified atom stereocenters. The summed E-state index contributed by atoms with van der Waals surface area (Å²) in [5, 5.41) is 0. The predicted molar refractivity (Wildman–Crippen MR) is 36.8 cm³/mol. The van der Waals surface area contributed by atoms with Crippen molar-refractivity contribution in [2.45, 2.75) is 25.4 Å². The summed E-state index contributed by atoms with van der Waals surface area (Å²) in [7, 11) is 0. The van der Waals surface area contributed by atoms with Crippen molar-refractivity contribution >= 4 is 17.7 Å². The Bertz CT molecular complexity index is 281. The number of alkyl halides is 3. The van der Waals surface area contributed by atoms with Crippen molar-refractivity contribution in [3.63, 3.8) is 0 Å². The lowest BCUT2D eigenvalue weighted by Gasteiger charge is -2.12. The summed E-state index contributed by atoms with van der Waals surface area (Å²) in [5.41, 5.74) is 0. The molecule has 4 nitrogen and oxygen atoms in total. The summed E-state index contributed by atoms with van der Waals surface area (Å²) < 4.78 is 35.2. The minimum absolute atomic E-state index is 0.0769. The van der Waals surface area contributed by atoms with Gasteiger partial charge in [-0.25, -0.2) is 4.90 Å². The van der Waals surface area contributed by atoms with Gasteiger partial charge in [-0.15, -0.1) is 0 Å². The van der Waals surface area contributed by atoms with E-state index in [0.717, 1.165) is 0 Å². The lowest BCUT2D eigenvalue weighted by molar-refractivity contribution is -0.165. The van der Waals surface area contributed by atoms with Crippen molar-refractivity contribution < 1.29 is 27.6 Å². The zero-order valence-electron chi connectivity index (χ0n) is 6.93. The van der Waals surface area contributed by atoms with Crippen LogP contribution in [0.1, 0.15) is 19.3 Å². The van der Waals surface area contributed by atoms with Crippen LogP contribution >= 0.6 is 0 Å². The maximum absolute atomic E-state index is 11.7. The van der Waals surface area contributed by atoms with E-state index in [1.165, 1.54) is 0 Å². The minimum atomic E-state index is -4.69. The zero-order chi connectivity index (χ0) is 10.9. The van der Waals surface area contributed by atoms with Gasteiger partial charge >= 0.3 is 6.18 Å². The number of hydrogen-bond acceptors (Lipinski definition) is 3. The summed E-state index contributed by atoms with van der Waals surface area (Å²) in [6, 6.07) is 0. The van der Waals surface area contributed by atoms with Crippen LogP contribution in [0.2, 0.25) is 0 Å². The van der Waals surface area contributed by atoms with Crippen LogP contribution in [-0.2, 0) is 14.4 Å². The van der Waals surface area contributed by atoms with Gasteiger partial charge in [-0.3, -0.25) is 14.4 Å². The van der Waals surface area contributed by atoms with Crippen molar-refractivity contribution in [3.8, 4) is 0 Å². The molecule has 0 atom stereocenters. The van der Waals surface area contributed by atoms with Gasteiger partial charge in [-0.05, 0) is 0 Å². The molecular formula is C7H6F3NO3. The second-order valence-corrected chi connectivity index (χ2v) is 2.81. The minimum Gasteiger partial charge on any atom is -0.274 e. The molecule has 1 aliphatic rings. The highest BCUT2D eigenvalue weighted by Gasteiger charge is 2.40. The third kappa shape index (κ3) is 2.30. The first kappa shape index (κ1) is 10.7. The number of halogens is 3. The second kappa shape index (κ2) is 3.39. The van der Waals surface area contributed by atoms with Gasteiger partial charge in [0, 0.05) is 12.8 Å². The Morgan fingerprint density at radius 2 is 1.64 bits per heavy atom. The fourth-order valence-corrected chi connectivity index (χ4v) is 1.11. The number of carbonyl (C=O) groups excluding carboxylic acids is 3. The third-order valence-corrected chi connectivity index (χ3v) is 1.65. The Morgan fingerprint density at radius 1 is 1.21 bits per heavy atom. The fraction of sp³-hybridized carbons (Fsp3) is 0.571. The SMILES string of the molecule is O=C1CCC(=O)N1C(=O)CC(F)(F)F. The number of amides is 3. The van der Waals surface area contributed by atoms with Crippen molar-refractivity contribution in [1.82, 2.24) is 4.90 Å². The van der Waals surface area contributed by atoms with Gasteiger partial charge in [0.05, 0.1) is 0 Å². The quantitative estimate of drug-likeness (QED) is 0.594. The number of rotatable bonds is 1. The number of imide groups is 3. The number of likely N-dealkylation sites (tertiary alicyclic amines) is 1. The summed E-state index contributed by atoms with van der Waals surface area (Å²) >= 11 is 0. The van der Waals surface area contributed by atoms with Crippen molar-refractivity contribution in [2.75, 3.05) is 0 Å². The molecule has 0 spiro atoms. The Morgan fingerprint density at radius 3 is 2.00 bits per heavy atom. The molecule has 1 fully saturated rings. The van der Waals surface area contributed by atoms with Gasteiger partial charge in [0.2, 0.25) is 17.7 Å². The molecule has 0 radical (unpaired) electrons. The maximum atomic E-state index is 11.7. The molecule has 1 heterocycles. The van der Waals surface area contributed by atoms with Crippen LogP contribution in [-0.4, -0.2) is 28.8 Å². The molecule has 7 heteroatoms. The first-order valence-electron chi connectivity index (χ1n) is 3.76. The Balaban J connectivity index is 2.70. The highest BCUT2D eigenvalue weighted by Crippen LogP contribution is 2.23. The maximum Gasteiger partial charge on any atom is 0.397 e. The van der Waals surface area contributed by atoms with Crippen LogP contribution in [0.5, 0.6) is 0 Å². The molecule has 0 aromatic heterocycles. The highest BCUT2D eigenvalue weighted by molar-refractivity contribution is 6.15. The van der Waals surface area contributed by atoms with E-state index in [1.54, 1.807) is 0 Å². The second-order valence-electron chi connectivity index (χ2n) is 2.81. The van der Waals surface area contributed by atoms with Crippen LogP contribution in [0.4, 0.5) is 13.2 Å². The van der Waals surface area contributed by atoms with E-state index in [4.69, 9.17) is 0 Å². The fourth-order valence-electron chi connectivity index (χ4n) is 1.11. The van der Waals surface area contributed by atoms with Crippen LogP contribution in [0.15, 0.2) is 0 Å². The number of hydrogen-bond donors (Lipinski definition) is 0. The Labute approximate surface area is 76.7 Å². The average Bonchev–Trinajstić information content (AvgIpc) is 2.27. The molecule has 0 aliphatic carbocycles. The predicted octanol–water partition coefficient (Wildman–Crippen LogP) is 0.614. The number of nitrogens with zero attached hydrogens (tertiary/aromatic N) is 1. The zero-order valence-corrected chi connectivity index (χ0v) is 6.93. The van der Waals surface area contributed by atoms with Crippen LogP contribution in [0, 0.1) is 0 Å². The molecule has 1 saturated heterocycles. The van der Waals surface area contributed by atoms with E-state index in [9.17, 15) is 27.6 Å². The molecule has 0 aromatic carbocycles. The summed E-state index contributed by atoms with van der Waals surface area (Å²) in [6.07, 6.45) is -6.85. The Hall–Kier alpha value is -1.40. The summed E-state index contributed by atoms with van der Waals surface area (Å²) in [5.74, 6) is -3.21. The van der Waals surface area contributed by atoms with E-state index in [-0.39, 0.29) is 17.7 Å². The summed E-state index contributed by atoms with van der Waals surface area (Å²) in [6.45, 7) is 0. The van der Waals surface area contributed by atoms with Crippen LogP contribution < -0.4 is 0 Å². The van der Waals surface area contributed by atoms with E-state index in [2.05, 4.69) is 0 Å². The topological polar surface area (TPSA) is 54.5 Å². The van der Waals surface area contributed by atoms with Crippen LogP contribution in [0.25, 0.3) is 0 Å². The van der Waals surface area contributed by atoms with Gasteiger partial charge in [0.1, 0.15) is 6.42 Å². The average molecular weight is 209 g/mol. The van der Waals surface area contributed by atoms with E-state index in [1.807, 2.05) is 0 Å². The van der Waals surface area contributed by atoms with Gasteiger partial charge in [0.15, 0.2) is 0 Å². The Kier molecular flexibility index (Phi) is 2.59. The van der Waals surface area contributed by atoms with Gasteiger partial charge in [0.25, 0.3) is 0 Å². The van der Waals surface area contributed by atoms with Crippen molar-refractivity contribution in [1.29, 1.82) is 0 Å². The third-order valence-electron chi connectivity index (χ3n) is 1.65. The molecule has 78 valence electrons.